The Morgan fingerprint density at radius 3 is 2.19 bits per heavy atom. The first kappa shape index (κ1) is 15.2. The van der Waals surface area contributed by atoms with Crippen LogP contribution in [-0.2, 0) is 0 Å². The average Bonchev–Trinajstić information content (AvgIpc) is 3.20. The molecule has 1 aliphatic heterocycles. The third kappa shape index (κ3) is 3.72. The molecule has 1 aromatic rings. The fraction of sp³-hybridized carbons (Fsp3) is 0.600. The Morgan fingerprint density at radius 2 is 1.67 bits per heavy atom. The Hall–Kier alpha value is -0.750. The molecule has 2 atom stereocenters. The van der Waals surface area contributed by atoms with Crippen LogP contribution in [0.4, 0.5) is 18.9 Å². The molecule has 0 amide bonds. The van der Waals surface area contributed by atoms with Crippen molar-refractivity contribution in [2.75, 3.05) is 37.6 Å². The summed E-state index contributed by atoms with van der Waals surface area (Å²) in [6, 6.07) is 8.17. The van der Waals surface area contributed by atoms with Gasteiger partial charge in [0.2, 0.25) is 0 Å². The van der Waals surface area contributed by atoms with Crippen molar-refractivity contribution in [1.82, 2.24) is 4.90 Å². The zero-order valence-corrected chi connectivity index (χ0v) is 13.2. The third-order valence-electron chi connectivity index (χ3n) is 4.40. The monoisotopic (exact) mass is 362 g/mol. The van der Waals surface area contributed by atoms with Crippen LogP contribution in [0.25, 0.3) is 0 Å². The lowest BCUT2D eigenvalue weighted by molar-refractivity contribution is -0.151. The van der Waals surface area contributed by atoms with Gasteiger partial charge in [-0.2, -0.15) is 13.2 Å². The number of hydrogen-bond donors (Lipinski definition) is 0. The topological polar surface area (TPSA) is 6.48 Å². The van der Waals surface area contributed by atoms with Gasteiger partial charge in [0.05, 0.1) is 5.92 Å². The molecule has 1 aromatic carbocycles. The van der Waals surface area contributed by atoms with Crippen LogP contribution in [0.15, 0.2) is 28.7 Å². The van der Waals surface area contributed by atoms with Crippen molar-refractivity contribution in [1.29, 1.82) is 0 Å². The summed E-state index contributed by atoms with van der Waals surface area (Å²) in [6.07, 6.45) is -3.68. The lowest BCUT2D eigenvalue weighted by Gasteiger charge is -2.36. The molecule has 2 fully saturated rings. The second-order valence-corrected chi connectivity index (χ2v) is 6.82. The summed E-state index contributed by atoms with van der Waals surface area (Å²) < 4.78 is 38.6. The highest BCUT2D eigenvalue weighted by atomic mass is 79.9. The van der Waals surface area contributed by atoms with Crippen LogP contribution in [0, 0.1) is 11.8 Å². The molecule has 1 saturated heterocycles. The maximum Gasteiger partial charge on any atom is 0.392 e. The first-order valence-electron chi connectivity index (χ1n) is 7.23. The summed E-state index contributed by atoms with van der Waals surface area (Å²) in [5.74, 6) is -1.23. The number of alkyl halides is 3. The van der Waals surface area contributed by atoms with E-state index in [1.54, 1.807) is 0 Å². The Bertz CT molecular complexity index is 481. The Balaban J connectivity index is 1.47. The van der Waals surface area contributed by atoms with E-state index in [4.69, 9.17) is 0 Å². The van der Waals surface area contributed by atoms with Crippen LogP contribution in [-0.4, -0.2) is 43.8 Å². The summed E-state index contributed by atoms with van der Waals surface area (Å²) in [5, 5.41) is 0. The molecule has 0 aromatic heterocycles. The quantitative estimate of drug-likeness (QED) is 0.807. The Kier molecular flexibility index (Phi) is 4.19. The number of anilines is 1. The van der Waals surface area contributed by atoms with Crippen molar-refractivity contribution in [3.8, 4) is 0 Å². The van der Waals surface area contributed by atoms with Crippen molar-refractivity contribution >= 4 is 21.6 Å². The maximum atomic E-state index is 12.5. The van der Waals surface area contributed by atoms with E-state index >= 15 is 0 Å². The minimum Gasteiger partial charge on any atom is -0.369 e. The molecule has 116 valence electrons. The van der Waals surface area contributed by atoms with E-state index in [1.165, 1.54) is 5.69 Å². The molecule has 1 aliphatic carbocycles. The molecule has 2 nitrogen and oxygen atoms in total. The first-order chi connectivity index (χ1) is 9.93. The summed E-state index contributed by atoms with van der Waals surface area (Å²) in [6.45, 7) is 4.04. The summed E-state index contributed by atoms with van der Waals surface area (Å²) in [4.78, 5) is 4.46. The normalized spacial score (nSPS) is 27.0. The number of rotatable bonds is 3. The predicted octanol–water partition coefficient (Wildman–Crippen LogP) is 3.77. The van der Waals surface area contributed by atoms with Gasteiger partial charge in [-0.3, -0.25) is 4.90 Å². The van der Waals surface area contributed by atoms with E-state index in [0.717, 1.165) is 30.7 Å². The molecule has 21 heavy (non-hydrogen) atoms. The highest BCUT2D eigenvalue weighted by molar-refractivity contribution is 9.10. The fourth-order valence-electron chi connectivity index (χ4n) is 3.02. The molecule has 0 N–H and O–H groups in total. The Labute approximate surface area is 131 Å². The van der Waals surface area contributed by atoms with E-state index < -0.39 is 12.1 Å². The van der Waals surface area contributed by atoms with Crippen LogP contribution in [0.5, 0.6) is 0 Å². The van der Waals surface area contributed by atoms with Gasteiger partial charge in [-0.15, -0.1) is 0 Å². The second kappa shape index (κ2) is 5.80. The lowest BCUT2D eigenvalue weighted by Crippen LogP contribution is -2.47. The third-order valence-corrected chi connectivity index (χ3v) is 4.93. The number of benzene rings is 1. The van der Waals surface area contributed by atoms with Crippen molar-refractivity contribution in [3.63, 3.8) is 0 Å². The standard InChI is InChI=1S/C15H18BrF3N2/c16-12-1-3-13(4-2-12)21-7-5-20(6-8-21)10-11-9-14(11)15(17,18)19/h1-4,11,14H,5-10H2/t11-,14-/m0/s1. The lowest BCUT2D eigenvalue weighted by atomic mass is 10.2. The SMILES string of the molecule is FC(F)(F)[C@H]1C[C@H]1CN1CCN(c2ccc(Br)cc2)CC1. The summed E-state index contributed by atoms with van der Waals surface area (Å²) in [5.41, 5.74) is 1.18. The summed E-state index contributed by atoms with van der Waals surface area (Å²) >= 11 is 3.42. The first-order valence-corrected chi connectivity index (χ1v) is 8.02. The van der Waals surface area contributed by atoms with Gasteiger partial charge in [0.15, 0.2) is 0 Å². The van der Waals surface area contributed by atoms with Crippen LogP contribution in [0.3, 0.4) is 0 Å². The highest BCUT2D eigenvalue weighted by Crippen LogP contribution is 2.50. The van der Waals surface area contributed by atoms with Crippen molar-refractivity contribution < 1.29 is 13.2 Å². The molecule has 1 saturated carbocycles. The average molecular weight is 363 g/mol. The molecule has 1 heterocycles. The maximum absolute atomic E-state index is 12.5. The van der Waals surface area contributed by atoms with E-state index in [0.29, 0.717) is 13.0 Å². The van der Waals surface area contributed by atoms with Crippen LogP contribution in [0.2, 0.25) is 0 Å². The van der Waals surface area contributed by atoms with Crippen molar-refractivity contribution in [3.05, 3.63) is 28.7 Å². The van der Waals surface area contributed by atoms with Crippen molar-refractivity contribution in [2.45, 2.75) is 12.6 Å². The van der Waals surface area contributed by atoms with Gasteiger partial charge in [0, 0.05) is 42.9 Å². The van der Waals surface area contributed by atoms with Crippen molar-refractivity contribution in [2.24, 2.45) is 11.8 Å². The summed E-state index contributed by atoms with van der Waals surface area (Å²) in [7, 11) is 0. The molecule has 2 aliphatic rings. The predicted molar refractivity (Wildman–Crippen MR) is 80.4 cm³/mol. The van der Waals surface area contributed by atoms with Gasteiger partial charge in [-0.25, -0.2) is 0 Å². The van der Waals surface area contributed by atoms with Gasteiger partial charge in [0.25, 0.3) is 0 Å². The zero-order valence-electron chi connectivity index (χ0n) is 11.6. The van der Waals surface area contributed by atoms with Crippen LogP contribution in [0.1, 0.15) is 6.42 Å². The number of piperazine rings is 1. The molecule has 0 unspecified atom stereocenters. The molecular formula is C15H18BrF3N2. The number of hydrogen-bond acceptors (Lipinski definition) is 2. The van der Waals surface area contributed by atoms with E-state index in [9.17, 15) is 13.2 Å². The molecule has 0 bridgehead atoms. The fourth-order valence-corrected chi connectivity index (χ4v) is 3.29. The van der Waals surface area contributed by atoms with E-state index in [1.807, 2.05) is 12.1 Å². The van der Waals surface area contributed by atoms with Gasteiger partial charge in [-0.05, 0) is 36.6 Å². The minimum absolute atomic E-state index is 0.177. The minimum atomic E-state index is -4.00. The van der Waals surface area contributed by atoms with Gasteiger partial charge in [0.1, 0.15) is 0 Å². The number of nitrogens with zero attached hydrogens (tertiary/aromatic N) is 2. The smallest absolute Gasteiger partial charge is 0.369 e. The molecular weight excluding hydrogens is 345 g/mol. The Morgan fingerprint density at radius 1 is 1.05 bits per heavy atom. The largest absolute Gasteiger partial charge is 0.392 e. The molecule has 3 rings (SSSR count). The molecule has 0 radical (unpaired) electrons. The molecule has 0 spiro atoms. The zero-order chi connectivity index (χ0) is 15.0. The van der Waals surface area contributed by atoms with Gasteiger partial charge < -0.3 is 4.90 Å². The number of halogens is 4. The van der Waals surface area contributed by atoms with E-state index in [2.05, 4.69) is 37.9 Å². The van der Waals surface area contributed by atoms with E-state index in [-0.39, 0.29) is 5.92 Å². The van der Waals surface area contributed by atoms with Crippen LogP contribution < -0.4 is 4.90 Å². The second-order valence-electron chi connectivity index (χ2n) is 5.91. The van der Waals surface area contributed by atoms with Gasteiger partial charge in [-0.1, -0.05) is 15.9 Å². The highest BCUT2D eigenvalue weighted by Gasteiger charge is 2.55. The van der Waals surface area contributed by atoms with Crippen LogP contribution >= 0.6 is 15.9 Å². The van der Waals surface area contributed by atoms with Gasteiger partial charge >= 0.3 is 6.18 Å². The molecule has 6 heteroatoms.